The molecule has 9 nitrogen and oxygen atoms in total. The Bertz CT molecular complexity index is 745. The molecular formula is C15H21N3O6S. The quantitative estimate of drug-likeness (QED) is 0.717. The van der Waals surface area contributed by atoms with Crippen LogP contribution in [0.3, 0.4) is 0 Å². The Balaban J connectivity index is 1.69. The van der Waals surface area contributed by atoms with Gasteiger partial charge in [0, 0.05) is 46.2 Å². The molecule has 0 atom stereocenters. The molecule has 138 valence electrons. The molecule has 2 aliphatic heterocycles. The van der Waals surface area contributed by atoms with Crippen LogP contribution in [0.15, 0.2) is 21.6 Å². The minimum atomic E-state index is -3.76. The summed E-state index contributed by atoms with van der Waals surface area (Å²) in [7, 11) is -3.76. The van der Waals surface area contributed by atoms with Gasteiger partial charge >= 0.3 is 0 Å². The van der Waals surface area contributed by atoms with Gasteiger partial charge < -0.3 is 19.0 Å². The summed E-state index contributed by atoms with van der Waals surface area (Å²) in [5, 5.41) is -0.236. The number of nitrogens with zero attached hydrogens (tertiary/aromatic N) is 3. The van der Waals surface area contributed by atoms with E-state index in [-0.39, 0.29) is 35.8 Å². The first-order valence-corrected chi connectivity index (χ1v) is 9.56. The highest BCUT2D eigenvalue weighted by Gasteiger charge is 2.31. The first kappa shape index (κ1) is 17.9. The predicted octanol–water partition coefficient (Wildman–Crippen LogP) is -0.395. The molecule has 0 spiro atoms. The van der Waals surface area contributed by atoms with Gasteiger partial charge in [0.1, 0.15) is 0 Å². The van der Waals surface area contributed by atoms with Gasteiger partial charge in [-0.15, -0.1) is 0 Å². The third-order valence-electron chi connectivity index (χ3n) is 4.37. The number of sulfonamides is 1. The second kappa shape index (κ2) is 7.14. The van der Waals surface area contributed by atoms with E-state index >= 15 is 0 Å². The highest BCUT2D eigenvalue weighted by Crippen LogP contribution is 2.21. The lowest BCUT2D eigenvalue weighted by Gasteiger charge is -2.33. The first-order chi connectivity index (χ1) is 11.9. The molecule has 0 radical (unpaired) electrons. The van der Waals surface area contributed by atoms with E-state index in [2.05, 4.69) is 0 Å². The van der Waals surface area contributed by atoms with Gasteiger partial charge in [0.15, 0.2) is 5.76 Å². The number of hydrogen-bond donors (Lipinski definition) is 0. The lowest BCUT2D eigenvalue weighted by Crippen LogP contribution is -2.50. The van der Waals surface area contributed by atoms with E-state index in [4.69, 9.17) is 9.15 Å². The van der Waals surface area contributed by atoms with Crippen LogP contribution in [0.4, 0.5) is 0 Å². The van der Waals surface area contributed by atoms with Gasteiger partial charge in [-0.1, -0.05) is 0 Å². The highest BCUT2D eigenvalue weighted by molar-refractivity contribution is 7.89. The lowest BCUT2D eigenvalue weighted by atomic mass is 10.3. The molecule has 3 heterocycles. The largest absolute Gasteiger partial charge is 0.438 e. The summed E-state index contributed by atoms with van der Waals surface area (Å²) >= 11 is 0. The zero-order valence-corrected chi connectivity index (χ0v) is 14.8. The fraction of sp³-hybridized carbons (Fsp3) is 0.600. The second-order valence-electron chi connectivity index (χ2n) is 5.93. The lowest BCUT2D eigenvalue weighted by molar-refractivity contribution is -0.130. The van der Waals surface area contributed by atoms with Gasteiger partial charge in [-0.2, -0.15) is 4.31 Å². The van der Waals surface area contributed by atoms with Gasteiger partial charge in [0.05, 0.1) is 13.2 Å². The minimum Gasteiger partial charge on any atom is -0.438 e. The van der Waals surface area contributed by atoms with Crippen molar-refractivity contribution in [3.63, 3.8) is 0 Å². The van der Waals surface area contributed by atoms with Crippen LogP contribution in [0.1, 0.15) is 17.5 Å². The number of ether oxygens (including phenoxy) is 1. The maximum absolute atomic E-state index is 12.5. The summed E-state index contributed by atoms with van der Waals surface area (Å²) in [6, 6.07) is 2.69. The average molecular weight is 371 g/mol. The zero-order valence-electron chi connectivity index (χ0n) is 14.0. The Morgan fingerprint density at radius 3 is 2.16 bits per heavy atom. The zero-order chi connectivity index (χ0) is 18.0. The van der Waals surface area contributed by atoms with E-state index in [0.29, 0.717) is 39.4 Å². The molecule has 2 aliphatic rings. The van der Waals surface area contributed by atoms with Crippen LogP contribution < -0.4 is 0 Å². The standard InChI is InChI=1S/C15H21N3O6S/c1-12(19)16-4-6-17(7-5-16)15(20)13-2-3-14(24-13)25(21,22)18-8-10-23-11-9-18/h2-3H,4-11H2,1H3. The fourth-order valence-corrected chi connectivity index (χ4v) is 4.19. The molecule has 0 aliphatic carbocycles. The van der Waals surface area contributed by atoms with Gasteiger partial charge in [-0.25, -0.2) is 8.42 Å². The normalized spacial score (nSPS) is 19.9. The van der Waals surface area contributed by atoms with E-state index in [1.807, 2.05) is 0 Å². The first-order valence-electron chi connectivity index (χ1n) is 8.12. The predicted molar refractivity (Wildman–Crippen MR) is 86.4 cm³/mol. The van der Waals surface area contributed by atoms with Crippen molar-refractivity contribution in [2.45, 2.75) is 12.0 Å². The monoisotopic (exact) mass is 371 g/mol. The maximum Gasteiger partial charge on any atom is 0.289 e. The second-order valence-corrected chi connectivity index (χ2v) is 7.80. The van der Waals surface area contributed by atoms with Crippen LogP contribution in [-0.4, -0.2) is 86.8 Å². The van der Waals surface area contributed by atoms with Gasteiger partial charge in [-0.3, -0.25) is 9.59 Å². The summed E-state index contributed by atoms with van der Waals surface area (Å²) in [5.41, 5.74) is 0. The van der Waals surface area contributed by atoms with Crippen LogP contribution >= 0.6 is 0 Å². The van der Waals surface area contributed by atoms with Gasteiger partial charge in [0.25, 0.3) is 15.9 Å². The molecule has 2 amide bonds. The summed E-state index contributed by atoms with van der Waals surface area (Å²) in [4.78, 5) is 27.1. The molecule has 10 heteroatoms. The molecule has 0 unspecified atom stereocenters. The van der Waals surface area contributed by atoms with E-state index in [0.717, 1.165) is 0 Å². The molecule has 3 rings (SSSR count). The van der Waals surface area contributed by atoms with E-state index in [1.54, 1.807) is 9.80 Å². The van der Waals surface area contributed by atoms with Crippen molar-refractivity contribution in [1.29, 1.82) is 0 Å². The number of hydrogen-bond acceptors (Lipinski definition) is 6. The average Bonchev–Trinajstić information content (AvgIpc) is 3.13. The molecule has 2 fully saturated rings. The van der Waals surface area contributed by atoms with Crippen molar-refractivity contribution in [3.8, 4) is 0 Å². The molecule has 0 saturated carbocycles. The number of amides is 2. The van der Waals surface area contributed by atoms with Gasteiger partial charge in [0.2, 0.25) is 11.0 Å². The number of furan rings is 1. The Morgan fingerprint density at radius 1 is 0.960 bits per heavy atom. The number of carbonyl (C=O) groups excluding carboxylic acids is 2. The van der Waals surface area contributed by atoms with Gasteiger partial charge in [-0.05, 0) is 12.1 Å². The number of piperazine rings is 1. The van der Waals surface area contributed by atoms with E-state index in [9.17, 15) is 18.0 Å². The molecule has 0 bridgehead atoms. The van der Waals surface area contributed by atoms with E-state index in [1.165, 1.54) is 23.4 Å². The summed E-state index contributed by atoms with van der Waals surface area (Å²) < 4.78 is 36.8. The Labute approximate surface area is 146 Å². The molecule has 2 saturated heterocycles. The SMILES string of the molecule is CC(=O)N1CCN(C(=O)c2ccc(S(=O)(=O)N3CCOCC3)o2)CC1. The Morgan fingerprint density at radius 2 is 1.56 bits per heavy atom. The molecule has 1 aromatic heterocycles. The molecular weight excluding hydrogens is 350 g/mol. The van der Waals surface area contributed by atoms with Crippen molar-refractivity contribution in [1.82, 2.24) is 14.1 Å². The molecule has 0 aromatic carbocycles. The molecule has 25 heavy (non-hydrogen) atoms. The summed E-state index contributed by atoms with van der Waals surface area (Å²) in [5.74, 6) is -0.404. The Kier molecular flexibility index (Phi) is 5.11. The smallest absolute Gasteiger partial charge is 0.289 e. The van der Waals surface area contributed by atoms with Crippen LogP contribution in [0, 0.1) is 0 Å². The minimum absolute atomic E-state index is 0.0110. The topological polar surface area (TPSA) is 100 Å². The van der Waals surface area contributed by atoms with Crippen molar-refractivity contribution in [2.75, 3.05) is 52.5 Å². The maximum atomic E-state index is 12.5. The third-order valence-corrected chi connectivity index (χ3v) is 6.14. The fourth-order valence-electron chi connectivity index (χ4n) is 2.87. The van der Waals surface area contributed by atoms with Crippen molar-refractivity contribution in [3.05, 3.63) is 17.9 Å². The van der Waals surface area contributed by atoms with Crippen LogP contribution in [-0.2, 0) is 19.6 Å². The molecule has 1 aromatic rings. The molecule has 0 N–H and O–H groups in total. The third kappa shape index (κ3) is 3.70. The highest BCUT2D eigenvalue weighted by atomic mass is 32.2. The van der Waals surface area contributed by atoms with Crippen molar-refractivity contribution >= 4 is 21.8 Å². The summed E-state index contributed by atoms with van der Waals surface area (Å²) in [6.07, 6.45) is 0. The van der Waals surface area contributed by atoms with Crippen LogP contribution in [0.2, 0.25) is 0 Å². The van der Waals surface area contributed by atoms with Crippen LogP contribution in [0.5, 0.6) is 0 Å². The van der Waals surface area contributed by atoms with E-state index < -0.39 is 10.0 Å². The van der Waals surface area contributed by atoms with Crippen LogP contribution in [0.25, 0.3) is 0 Å². The Hall–Kier alpha value is -1.91. The van der Waals surface area contributed by atoms with Crippen molar-refractivity contribution < 1.29 is 27.2 Å². The summed E-state index contributed by atoms with van der Waals surface area (Å²) in [6.45, 7) is 4.40. The van der Waals surface area contributed by atoms with Crippen molar-refractivity contribution in [2.24, 2.45) is 0 Å². The number of rotatable bonds is 3. The number of morpholine rings is 1. The number of carbonyl (C=O) groups is 2.